The summed E-state index contributed by atoms with van der Waals surface area (Å²) in [6, 6.07) is -0.146. The second kappa shape index (κ2) is 5.98. The summed E-state index contributed by atoms with van der Waals surface area (Å²) in [5.41, 5.74) is 5.33. The van der Waals surface area contributed by atoms with E-state index in [-0.39, 0.29) is 17.2 Å². The molecule has 98 valence electrons. The first-order valence-electron chi connectivity index (χ1n) is 5.76. The lowest BCUT2D eigenvalue weighted by atomic mass is 10.0. The molecule has 1 unspecified atom stereocenters. The molecule has 16 heavy (non-hydrogen) atoms. The van der Waals surface area contributed by atoms with Crippen LogP contribution in [-0.2, 0) is 10.0 Å². The molecule has 3 N–H and O–H groups in total. The number of hydrogen-bond donors (Lipinski definition) is 2. The molecule has 0 rings (SSSR count). The zero-order valence-electron chi connectivity index (χ0n) is 11.1. The highest BCUT2D eigenvalue weighted by Crippen LogP contribution is 2.16. The Labute approximate surface area is 100 Å². The maximum absolute atomic E-state index is 11.8. The second-order valence-electron chi connectivity index (χ2n) is 6.00. The van der Waals surface area contributed by atoms with E-state index in [1.807, 2.05) is 20.8 Å². The van der Waals surface area contributed by atoms with Crippen LogP contribution in [0, 0.1) is 11.3 Å². The average Bonchev–Trinajstić information content (AvgIpc) is 1.96. The van der Waals surface area contributed by atoms with Crippen LogP contribution >= 0.6 is 0 Å². The van der Waals surface area contributed by atoms with Gasteiger partial charge in [0.1, 0.15) is 0 Å². The average molecular weight is 250 g/mol. The van der Waals surface area contributed by atoms with Crippen LogP contribution in [0.5, 0.6) is 0 Å². The quantitative estimate of drug-likeness (QED) is 0.747. The van der Waals surface area contributed by atoms with E-state index in [9.17, 15) is 8.42 Å². The summed E-state index contributed by atoms with van der Waals surface area (Å²) >= 11 is 0. The molecule has 0 saturated carbocycles. The summed E-state index contributed by atoms with van der Waals surface area (Å²) in [4.78, 5) is 0. The highest BCUT2D eigenvalue weighted by molar-refractivity contribution is 7.89. The Morgan fingerprint density at radius 1 is 1.25 bits per heavy atom. The number of nitrogens with one attached hydrogen (secondary N) is 1. The largest absolute Gasteiger partial charge is 0.329 e. The summed E-state index contributed by atoms with van der Waals surface area (Å²) in [6.45, 7) is 10.2. The van der Waals surface area contributed by atoms with Crippen molar-refractivity contribution < 1.29 is 8.42 Å². The van der Waals surface area contributed by atoms with Gasteiger partial charge in [0.25, 0.3) is 0 Å². The van der Waals surface area contributed by atoms with Crippen molar-refractivity contribution in [2.45, 2.75) is 47.1 Å². The first-order chi connectivity index (χ1) is 7.06. The van der Waals surface area contributed by atoms with Gasteiger partial charge in [0.15, 0.2) is 0 Å². The van der Waals surface area contributed by atoms with E-state index in [0.29, 0.717) is 12.5 Å². The summed E-state index contributed by atoms with van der Waals surface area (Å²) in [5.74, 6) is 0.570. The molecular formula is C11H26N2O2S. The van der Waals surface area contributed by atoms with E-state index < -0.39 is 10.0 Å². The van der Waals surface area contributed by atoms with Crippen LogP contribution in [-0.4, -0.2) is 26.8 Å². The Bertz CT molecular complexity index is 292. The standard InChI is InChI=1S/C11H26N2O2S/c1-9(2)6-10(7-12)13-16(14,15)8-11(3,4)5/h9-10,13H,6-8,12H2,1-5H3. The second-order valence-corrected chi connectivity index (χ2v) is 7.75. The molecule has 0 fully saturated rings. The summed E-state index contributed by atoms with van der Waals surface area (Å²) < 4.78 is 26.3. The molecule has 0 aliphatic carbocycles. The van der Waals surface area contributed by atoms with Crippen molar-refractivity contribution in [2.24, 2.45) is 17.1 Å². The lowest BCUT2D eigenvalue weighted by Gasteiger charge is -2.23. The predicted octanol–water partition coefficient (Wildman–Crippen LogP) is 1.33. The SMILES string of the molecule is CC(C)CC(CN)NS(=O)(=O)CC(C)(C)C. The third kappa shape index (κ3) is 8.07. The Morgan fingerprint density at radius 3 is 2.06 bits per heavy atom. The van der Waals surface area contributed by atoms with Crippen molar-refractivity contribution in [2.75, 3.05) is 12.3 Å². The monoisotopic (exact) mass is 250 g/mol. The van der Waals surface area contributed by atoms with Crippen LogP contribution in [0.1, 0.15) is 41.0 Å². The molecule has 0 saturated heterocycles. The lowest BCUT2D eigenvalue weighted by Crippen LogP contribution is -2.43. The molecule has 0 heterocycles. The molecule has 0 aliphatic heterocycles. The molecule has 0 bridgehead atoms. The Kier molecular flexibility index (Phi) is 5.93. The maximum atomic E-state index is 11.8. The van der Waals surface area contributed by atoms with Gasteiger partial charge in [0.05, 0.1) is 5.75 Å². The Morgan fingerprint density at radius 2 is 1.75 bits per heavy atom. The van der Waals surface area contributed by atoms with E-state index in [1.54, 1.807) is 0 Å². The topological polar surface area (TPSA) is 72.2 Å². The number of sulfonamides is 1. The van der Waals surface area contributed by atoms with Gasteiger partial charge in [-0.15, -0.1) is 0 Å². The van der Waals surface area contributed by atoms with Crippen molar-refractivity contribution in [3.8, 4) is 0 Å². The zero-order valence-corrected chi connectivity index (χ0v) is 11.9. The first-order valence-corrected chi connectivity index (χ1v) is 7.41. The van der Waals surface area contributed by atoms with Crippen molar-refractivity contribution >= 4 is 10.0 Å². The van der Waals surface area contributed by atoms with Gasteiger partial charge in [-0.1, -0.05) is 34.6 Å². The van der Waals surface area contributed by atoms with Crippen LogP contribution in [0.3, 0.4) is 0 Å². The van der Waals surface area contributed by atoms with E-state index in [1.165, 1.54) is 0 Å². The highest BCUT2D eigenvalue weighted by atomic mass is 32.2. The maximum Gasteiger partial charge on any atom is 0.212 e. The van der Waals surface area contributed by atoms with Gasteiger partial charge in [-0.25, -0.2) is 13.1 Å². The zero-order chi connectivity index (χ0) is 13.0. The summed E-state index contributed by atoms with van der Waals surface area (Å²) in [6.07, 6.45) is 0.778. The van der Waals surface area contributed by atoms with E-state index in [2.05, 4.69) is 18.6 Å². The fourth-order valence-corrected chi connectivity index (χ4v) is 3.55. The molecule has 0 aromatic heterocycles. The minimum Gasteiger partial charge on any atom is -0.329 e. The van der Waals surface area contributed by atoms with Crippen LogP contribution in [0.25, 0.3) is 0 Å². The third-order valence-electron chi connectivity index (χ3n) is 2.01. The molecule has 0 aromatic carbocycles. The van der Waals surface area contributed by atoms with Gasteiger partial charge < -0.3 is 5.73 Å². The van der Waals surface area contributed by atoms with Crippen molar-refractivity contribution in [1.29, 1.82) is 0 Å². The molecule has 5 heteroatoms. The van der Waals surface area contributed by atoms with Gasteiger partial charge in [0, 0.05) is 12.6 Å². The van der Waals surface area contributed by atoms with Gasteiger partial charge in [-0.05, 0) is 17.8 Å². The Balaban J connectivity index is 4.44. The fourth-order valence-electron chi connectivity index (χ4n) is 1.63. The number of nitrogens with two attached hydrogens (primary N) is 1. The molecule has 0 aromatic rings. The van der Waals surface area contributed by atoms with Crippen LogP contribution < -0.4 is 10.5 Å². The smallest absolute Gasteiger partial charge is 0.212 e. The molecule has 4 nitrogen and oxygen atoms in total. The normalized spacial score (nSPS) is 15.4. The number of hydrogen-bond acceptors (Lipinski definition) is 3. The molecular weight excluding hydrogens is 224 g/mol. The molecule has 0 spiro atoms. The first kappa shape index (κ1) is 15.9. The third-order valence-corrected chi connectivity index (χ3v) is 3.95. The highest BCUT2D eigenvalue weighted by Gasteiger charge is 2.24. The molecule has 0 amide bonds. The fraction of sp³-hybridized carbons (Fsp3) is 1.00. The predicted molar refractivity (Wildman–Crippen MR) is 68.7 cm³/mol. The van der Waals surface area contributed by atoms with Crippen molar-refractivity contribution in [1.82, 2.24) is 4.72 Å². The Hall–Kier alpha value is -0.130. The van der Waals surface area contributed by atoms with E-state index in [4.69, 9.17) is 5.73 Å². The van der Waals surface area contributed by atoms with Crippen molar-refractivity contribution in [3.05, 3.63) is 0 Å². The van der Waals surface area contributed by atoms with Gasteiger partial charge in [-0.2, -0.15) is 0 Å². The molecule has 0 aliphatic rings. The van der Waals surface area contributed by atoms with E-state index in [0.717, 1.165) is 6.42 Å². The van der Waals surface area contributed by atoms with Gasteiger partial charge in [-0.3, -0.25) is 0 Å². The van der Waals surface area contributed by atoms with Crippen LogP contribution in [0.4, 0.5) is 0 Å². The number of rotatable bonds is 6. The van der Waals surface area contributed by atoms with Crippen LogP contribution in [0.15, 0.2) is 0 Å². The summed E-state index contributed by atoms with van der Waals surface area (Å²) in [7, 11) is -3.23. The van der Waals surface area contributed by atoms with Gasteiger partial charge >= 0.3 is 0 Å². The minimum absolute atomic E-state index is 0.134. The summed E-state index contributed by atoms with van der Waals surface area (Å²) in [5, 5.41) is 0. The molecule has 0 radical (unpaired) electrons. The van der Waals surface area contributed by atoms with Crippen LogP contribution in [0.2, 0.25) is 0 Å². The van der Waals surface area contributed by atoms with Crippen molar-refractivity contribution in [3.63, 3.8) is 0 Å². The molecule has 1 atom stereocenters. The minimum atomic E-state index is -3.23. The lowest BCUT2D eigenvalue weighted by molar-refractivity contribution is 0.438. The van der Waals surface area contributed by atoms with Gasteiger partial charge in [0.2, 0.25) is 10.0 Å². The van der Waals surface area contributed by atoms with E-state index >= 15 is 0 Å².